The average Bonchev–Trinajstić information content (AvgIpc) is 2.90. The van der Waals surface area contributed by atoms with Gasteiger partial charge in [0.05, 0.1) is 0 Å². The maximum Gasteiger partial charge on any atom is 0.333 e. The standard InChI is InChI=1S/C13H17N3O3.C2H6/c1-14-8-4-5-9(14)6-7-10-11(17)15(2)13(19)16(3)12(10)18;1-2/h6-7H,4-5,8H2,1-3H3;1-2H3. The zero-order valence-electron chi connectivity index (χ0n) is 13.3. The Kier molecular flexibility index (Phi) is 5.69. The second-order valence-electron chi connectivity index (χ2n) is 4.77. The van der Waals surface area contributed by atoms with Crippen LogP contribution in [-0.4, -0.2) is 60.2 Å². The Bertz CT molecular complexity index is 482. The minimum Gasteiger partial charge on any atom is -0.378 e. The molecule has 2 saturated heterocycles. The molecule has 21 heavy (non-hydrogen) atoms. The van der Waals surface area contributed by atoms with Crippen molar-refractivity contribution < 1.29 is 14.4 Å². The van der Waals surface area contributed by atoms with Gasteiger partial charge in [0.15, 0.2) is 0 Å². The number of likely N-dealkylation sites (tertiary alicyclic amines) is 1. The first kappa shape index (κ1) is 16.9. The van der Waals surface area contributed by atoms with Crippen molar-refractivity contribution in [3.63, 3.8) is 0 Å². The van der Waals surface area contributed by atoms with E-state index in [0.29, 0.717) is 0 Å². The van der Waals surface area contributed by atoms with Crippen LogP contribution in [0.2, 0.25) is 0 Å². The zero-order chi connectivity index (χ0) is 16.2. The van der Waals surface area contributed by atoms with Gasteiger partial charge < -0.3 is 4.90 Å². The van der Waals surface area contributed by atoms with Gasteiger partial charge in [-0.25, -0.2) is 4.79 Å². The topological polar surface area (TPSA) is 60.9 Å². The molecule has 4 amide bonds. The maximum atomic E-state index is 11.9. The Balaban J connectivity index is 0.00000106. The highest BCUT2D eigenvalue weighted by atomic mass is 16.2. The van der Waals surface area contributed by atoms with Crippen molar-refractivity contribution >= 4 is 17.8 Å². The van der Waals surface area contributed by atoms with Gasteiger partial charge in [0, 0.05) is 33.4 Å². The van der Waals surface area contributed by atoms with E-state index in [0.717, 1.165) is 34.9 Å². The lowest BCUT2D eigenvalue weighted by atomic mass is 10.1. The van der Waals surface area contributed by atoms with Gasteiger partial charge in [-0.3, -0.25) is 19.4 Å². The summed E-state index contributed by atoms with van der Waals surface area (Å²) < 4.78 is 0. The summed E-state index contributed by atoms with van der Waals surface area (Å²) in [6.45, 7) is 4.98. The quantitative estimate of drug-likeness (QED) is 0.544. The van der Waals surface area contributed by atoms with Gasteiger partial charge in [-0.15, -0.1) is 0 Å². The van der Waals surface area contributed by atoms with Crippen LogP contribution in [0.15, 0.2) is 23.4 Å². The molecule has 0 spiro atoms. The molecule has 0 unspecified atom stereocenters. The largest absolute Gasteiger partial charge is 0.378 e. The minimum atomic E-state index is -0.599. The Morgan fingerprint density at radius 1 is 0.905 bits per heavy atom. The fourth-order valence-corrected chi connectivity index (χ4v) is 2.22. The highest BCUT2D eigenvalue weighted by Gasteiger charge is 2.37. The molecule has 0 N–H and O–H groups in total. The third-order valence-corrected chi connectivity index (χ3v) is 3.50. The number of allylic oxidation sites excluding steroid dienone is 3. The molecule has 0 aliphatic carbocycles. The van der Waals surface area contributed by atoms with Gasteiger partial charge in [-0.05, 0) is 25.0 Å². The number of imide groups is 2. The van der Waals surface area contributed by atoms with Crippen LogP contribution in [0.5, 0.6) is 0 Å². The van der Waals surface area contributed by atoms with E-state index in [1.54, 1.807) is 6.08 Å². The molecule has 0 bridgehead atoms. The predicted molar refractivity (Wildman–Crippen MR) is 80.3 cm³/mol. The lowest BCUT2D eigenvalue weighted by molar-refractivity contribution is -0.134. The smallest absolute Gasteiger partial charge is 0.333 e. The van der Waals surface area contributed by atoms with Gasteiger partial charge in [0.2, 0.25) is 0 Å². The molecule has 2 aliphatic rings. The SMILES string of the molecule is CC.CN1CCCC1=CC=C1C(=O)N(C)C(=O)N(C)C1=O. The summed E-state index contributed by atoms with van der Waals surface area (Å²) in [6.07, 6.45) is 5.32. The number of likely N-dealkylation sites (N-methyl/N-ethyl adjacent to an activating group) is 2. The first-order valence-electron chi connectivity index (χ1n) is 7.15. The molecule has 0 aromatic rings. The molecule has 0 aromatic carbocycles. The molecular weight excluding hydrogens is 270 g/mol. The van der Waals surface area contributed by atoms with Gasteiger partial charge >= 0.3 is 6.03 Å². The van der Waals surface area contributed by atoms with Crippen LogP contribution in [0.25, 0.3) is 0 Å². The van der Waals surface area contributed by atoms with Crippen LogP contribution in [0.4, 0.5) is 4.79 Å². The third kappa shape index (κ3) is 3.32. The molecule has 116 valence electrons. The molecule has 2 aliphatic heterocycles. The lowest BCUT2D eigenvalue weighted by Crippen LogP contribution is -2.53. The molecule has 2 rings (SSSR count). The van der Waals surface area contributed by atoms with E-state index < -0.39 is 17.8 Å². The van der Waals surface area contributed by atoms with Crippen molar-refractivity contribution in [3.05, 3.63) is 23.4 Å². The second-order valence-corrected chi connectivity index (χ2v) is 4.77. The van der Waals surface area contributed by atoms with Crippen LogP contribution in [0.1, 0.15) is 26.7 Å². The number of nitrogens with zero attached hydrogens (tertiary/aromatic N) is 3. The maximum absolute atomic E-state index is 11.9. The minimum absolute atomic E-state index is 0.0254. The van der Waals surface area contributed by atoms with E-state index in [4.69, 9.17) is 0 Å². The normalized spacial score (nSPS) is 21.0. The first-order valence-corrected chi connectivity index (χ1v) is 7.15. The summed E-state index contributed by atoms with van der Waals surface area (Å²) in [4.78, 5) is 39.4. The summed E-state index contributed by atoms with van der Waals surface area (Å²) in [5.74, 6) is -1.10. The number of hydrogen-bond donors (Lipinski definition) is 0. The lowest BCUT2D eigenvalue weighted by Gasteiger charge is -2.28. The summed E-state index contributed by atoms with van der Waals surface area (Å²) in [5.41, 5.74) is 1.12. The Labute approximate surface area is 125 Å². The van der Waals surface area contributed by atoms with E-state index in [1.165, 1.54) is 20.2 Å². The summed E-state index contributed by atoms with van der Waals surface area (Å²) in [5, 5.41) is 0. The predicted octanol–water partition coefficient (Wildman–Crippen LogP) is 1.60. The van der Waals surface area contributed by atoms with Crippen molar-refractivity contribution in [2.75, 3.05) is 27.7 Å². The Morgan fingerprint density at radius 2 is 1.43 bits per heavy atom. The van der Waals surface area contributed by atoms with Gasteiger partial charge in [-0.2, -0.15) is 0 Å². The Morgan fingerprint density at radius 3 is 1.86 bits per heavy atom. The molecular formula is C15H23N3O3. The fourth-order valence-electron chi connectivity index (χ4n) is 2.22. The number of rotatable bonds is 1. The third-order valence-electron chi connectivity index (χ3n) is 3.50. The van der Waals surface area contributed by atoms with E-state index in [2.05, 4.69) is 4.90 Å². The molecule has 2 heterocycles. The van der Waals surface area contributed by atoms with Gasteiger partial charge in [0.1, 0.15) is 5.57 Å². The number of amides is 4. The number of hydrogen-bond acceptors (Lipinski definition) is 4. The summed E-state index contributed by atoms with van der Waals surface area (Å²) in [6, 6.07) is -0.599. The highest BCUT2D eigenvalue weighted by Crippen LogP contribution is 2.20. The number of barbiturate groups is 1. The van der Waals surface area contributed by atoms with Crippen LogP contribution >= 0.6 is 0 Å². The van der Waals surface area contributed by atoms with Gasteiger partial charge in [0.25, 0.3) is 11.8 Å². The van der Waals surface area contributed by atoms with Crippen molar-refractivity contribution in [2.24, 2.45) is 0 Å². The van der Waals surface area contributed by atoms with Crippen LogP contribution in [-0.2, 0) is 9.59 Å². The van der Waals surface area contributed by atoms with Crippen molar-refractivity contribution in [1.29, 1.82) is 0 Å². The molecule has 6 heteroatoms. The van der Waals surface area contributed by atoms with Crippen molar-refractivity contribution in [2.45, 2.75) is 26.7 Å². The molecule has 6 nitrogen and oxygen atoms in total. The molecule has 0 atom stereocenters. The number of carbonyl (C=O) groups is 3. The number of carbonyl (C=O) groups excluding carboxylic acids is 3. The van der Waals surface area contributed by atoms with Crippen LogP contribution < -0.4 is 0 Å². The highest BCUT2D eigenvalue weighted by molar-refractivity contribution is 6.28. The monoisotopic (exact) mass is 293 g/mol. The molecule has 2 fully saturated rings. The molecule has 0 radical (unpaired) electrons. The van der Waals surface area contributed by atoms with E-state index >= 15 is 0 Å². The first-order chi connectivity index (χ1) is 9.93. The van der Waals surface area contributed by atoms with E-state index in [1.807, 2.05) is 20.9 Å². The Hall–Kier alpha value is -2.11. The van der Waals surface area contributed by atoms with E-state index in [9.17, 15) is 14.4 Å². The van der Waals surface area contributed by atoms with Crippen molar-refractivity contribution in [3.8, 4) is 0 Å². The molecule has 0 aromatic heterocycles. The average molecular weight is 293 g/mol. The van der Waals surface area contributed by atoms with Crippen LogP contribution in [0.3, 0.4) is 0 Å². The second kappa shape index (κ2) is 7.06. The van der Waals surface area contributed by atoms with E-state index in [-0.39, 0.29) is 5.57 Å². The molecule has 0 saturated carbocycles. The number of urea groups is 1. The summed E-state index contributed by atoms with van der Waals surface area (Å²) >= 11 is 0. The van der Waals surface area contributed by atoms with Crippen LogP contribution in [0, 0.1) is 0 Å². The van der Waals surface area contributed by atoms with Gasteiger partial charge in [-0.1, -0.05) is 13.8 Å². The summed E-state index contributed by atoms with van der Waals surface area (Å²) in [7, 11) is 4.72. The zero-order valence-corrected chi connectivity index (χ0v) is 13.3. The van der Waals surface area contributed by atoms with Crippen molar-refractivity contribution in [1.82, 2.24) is 14.7 Å². The fraction of sp³-hybridized carbons (Fsp3) is 0.533.